The van der Waals surface area contributed by atoms with E-state index in [4.69, 9.17) is 14.2 Å². The third-order valence-corrected chi connectivity index (χ3v) is 2.77. The molecular weight excluding hydrogens is 156 g/mol. The molecule has 1 aliphatic rings. The van der Waals surface area contributed by atoms with Crippen LogP contribution in [0.2, 0.25) is 0 Å². The van der Waals surface area contributed by atoms with E-state index in [1.807, 2.05) is 0 Å². The first-order valence-electron chi connectivity index (χ1n) is 4.39. The van der Waals surface area contributed by atoms with Gasteiger partial charge in [0.2, 0.25) is 0 Å². The van der Waals surface area contributed by atoms with E-state index >= 15 is 0 Å². The van der Waals surface area contributed by atoms with E-state index < -0.39 is 0 Å². The fourth-order valence-electron chi connectivity index (χ4n) is 1.76. The zero-order chi connectivity index (χ0) is 9.03. The van der Waals surface area contributed by atoms with Gasteiger partial charge in [-0.3, -0.25) is 0 Å². The Balaban J connectivity index is 2.42. The largest absolute Gasteiger partial charge is 0.381 e. The van der Waals surface area contributed by atoms with Crippen LogP contribution in [0.25, 0.3) is 0 Å². The lowest BCUT2D eigenvalue weighted by molar-refractivity contribution is -0.232. The molecule has 0 radical (unpaired) electrons. The lowest BCUT2D eigenvalue weighted by atomic mass is 9.92. The maximum atomic E-state index is 5.34. The number of hydrogen-bond acceptors (Lipinski definition) is 3. The Morgan fingerprint density at radius 1 is 1.00 bits per heavy atom. The minimum atomic E-state index is -0.338. The lowest BCUT2D eigenvalue weighted by Crippen LogP contribution is -2.39. The summed E-state index contributed by atoms with van der Waals surface area (Å²) in [6.07, 6.45) is 4.30. The van der Waals surface area contributed by atoms with Gasteiger partial charge in [-0.05, 0) is 12.8 Å². The second-order valence-electron chi connectivity index (χ2n) is 3.25. The van der Waals surface area contributed by atoms with Crippen molar-refractivity contribution in [3.63, 3.8) is 0 Å². The van der Waals surface area contributed by atoms with Crippen molar-refractivity contribution in [1.82, 2.24) is 0 Å². The van der Waals surface area contributed by atoms with Crippen LogP contribution in [0.1, 0.15) is 25.7 Å². The first-order chi connectivity index (χ1) is 5.76. The molecule has 1 rings (SSSR count). The number of hydrogen-bond donors (Lipinski definition) is 0. The van der Waals surface area contributed by atoms with Crippen LogP contribution in [0, 0.1) is 0 Å². The van der Waals surface area contributed by atoms with Crippen molar-refractivity contribution in [2.75, 3.05) is 21.3 Å². The number of methoxy groups -OCH3 is 3. The summed E-state index contributed by atoms with van der Waals surface area (Å²) < 4.78 is 15.9. The monoisotopic (exact) mass is 174 g/mol. The number of ether oxygens (including phenoxy) is 3. The Hall–Kier alpha value is -0.120. The molecule has 12 heavy (non-hydrogen) atoms. The second kappa shape index (κ2) is 4.21. The van der Waals surface area contributed by atoms with Crippen LogP contribution in [0.15, 0.2) is 0 Å². The van der Waals surface area contributed by atoms with Crippen LogP contribution >= 0.6 is 0 Å². The van der Waals surface area contributed by atoms with Crippen LogP contribution < -0.4 is 0 Å². The van der Waals surface area contributed by atoms with E-state index in [9.17, 15) is 0 Å². The van der Waals surface area contributed by atoms with Crippen LogP contribution in [-0.4, -0.2) is 33.2 Å². The van der Waals surface area contributed by atoms with Crippen molar-refractivity contribution in [3.8, 4) is 0 Å². The van der Waals surface area contributed by atoms with E-state index in [2.05, 4.69) is 0 Å². The zero-order valence-corrected chi connectivity index (χ0v) is 8.13. The molecule has 0 aromatic heterocycles. The third kappa shape index (κ3) is 1.97. The summed E-state index contributed by atoms with van der Waals surface area (Å²) in [5.74, 6) is -0.338. The van der Waals surface area contributed by atoms with Gasteiger partial charge in [0.1, 0.15) is 0 Å². The maximum absolute atomic E-state index is 5.34. The SMILES string of the molecule is COC1CCC(OC)(OC)CC1. The van der Waals surface area contributed by atoms with E-state index in [1.54, 1.807) is 21.3 Å². The van der Waals surface area contributed by atoms with Crippen LogP contribution in [0.4, 0.5) is 0 Å². The summed E-state index contributed by atoms with van der Waals surface area (Å²) in [5, 5.41) is 0. The molecule has 0 saturated heterocycles. The Bertz CT molecular complexity index is 122. The Morgan fingerprint density at radius 3 is 1.83 bits per heavy atom. The summed E-state index contributed by atoms with van der Waals surface area (Å²) in [6.45, 7) is 0. The fraction of sp³-hybridized carbons (Fsp3) is 1.00. The smallest absolute Gasteiger partial charge is 0.167 e. The van der Waals surface area contributed by atoms with Gasteiger partial charge in [-0.15, -0.1) is 0 Å². The van der Waals surface area contributed by atoms with E-state index in [0.29, 0.717) is 6.10 Å². The van der Waals surface area contributed by atoms with Gasteiger partial charge in [0.25, 0.3) is 0 Å². The average Bonchev–Trinajstić information content (AvgIpc) is 2.18. The summed E-state index contributed by atoms with van der Waals surface area (Å²) in [4.78, 5) is 0. The summed E-state index contributed by atoms with van der Waals surface area (Å²) in [6, 6.07) is 0. The molecule has 0 aromatic rings. The summed E-state index contributed by atoms with van der Waals surface area (Å²) >= 11 is 0. The predicted molar refractivity (Wildman–Crippen MR) is 46.0 cm³/mol. The molecule has 0 aliphatic heterocycles. The minimum absolute atomic E-state index is 0.338. The standard InChI is InChI=1S/C9H18O3/c1-10-8-4-6-9(11-2,12-3)7-5-8/h8H,4-7H2,1-3H3. The quantitative estimate of drug-likeness (QED) is 0.608. The van der Waals surface area contributed by atoms with Crippen molar-refractivity contribution in [1.29, 1.82) is 0 Å². The van der Waals surface area contributed by atoms with Gasteiger partial charge in [-0.2, -0.15) is 0 Å². The summed E-state index contributed by atoms with van der Waals surface area (Å²) in [7, 11) is 5.17. The molecular formula is C9H18O3. The topological polar surface area (TPSA) is 27.7 Å². The molecule has 3 heteroatoms. The molecule has 0 amide bonds. The minimum Gasteiger partial charge on any atom is -0.381 e. The normalized spacial score (nSPS) is 24.2. The highest BCUT2D eigenvalue weighted by Crippen LogP contribution is 2.32. The van der Waals surface area contributed by atoms with Crippen LogP contribution in [-0.2, 0) is 14.2 Å². The van der Waals surface area contributed by atoms with Gasteiger partial charge in [0.05, 0.1) is 6.10 Å². The predicted octanol–water partition coefficient (Wildman–Crippen LogP) is 1.56. The molecule has 1 fully saturated rings. The Kier molecular flexibility index (Phi) is 3.50. The summed E-state index contributed by atoms with van der Waals surface area (Å²) in [5.41, 5.74) is 0. The van der Waals surface area contributed by atoms with Gasteiger partial charge in [-0.1, -0.05) is 0 Å². The maximum Gasteiger partial charge on any atom is 0.167 e. The molecule has 0 aromatic carbocycles. The molecule has 0 spiro atoms. The van der Waals surface area contributed by atoms with Gasteiger partial charge >= 0.3 is 0 Å². The Labute approximate surface area is 74.0 Å². The van der Waals surface area contributed by atoms with Crippen molar-refractivity contribution in [2.45, 2.75) is 37.6 Å². The van der Waals surface area contributed by atoms with Crippen LogP contribution in [0.3, 0.4) is 0 Å². The third-order valence-electron chi connectivity index (χ3n) is 2.77. The number of rotatable bonds is 3. The second-order valence-corrected chi connectivity index (χ2v) is 3.25. The van der Waals surface area contributed by atoms with E-state index in [1.165, 1.54) is 0 Å². The average molecular weight is 174 g/mol. The first-order valence-corrected chi connectivity index (χ1v) is 4.39. The van der Waals surface area contributed by atoms with Gasteiger partial charge < -0.3 is 14.2 Å². The molecule has 0 atom stereocenters. The molecule has 1 saturated carbocycles. The molecule has 0 heterocycles. The van der Waals surface area contributed by atoms with Crippen molar-refractivity contribution in [3.05, 3.63) is 0 Å². The molecule has 72 valence electrons. The highest BCUT2D eigenvalue weighted by Gasteiger charge is 2.35. The highest BCUT2D eigenvalue weighted by atomic mass is 16.7. The van der Waals surface area contributed by atoms with Crippen molar-refractivity contribution >= 4 is 0 Å². The van der Waals surface area contributed by atoms with Crippen LogP contribution in [0.5, 0.6) is 0 Å². The Morgan fingerprint density at radius 2 is 1.50 bits per heavy atom. The molecule has 0 bridgehead atoms. The van der Waals surface area contributed by atoms with E-state index in [0.717, 1.165) is 25.7 Å². The fourth-order valence-corrected chi connectivity index (χ4v) is 1.76. The van der Waals surface area contributed by atoms with Gasteiger partial charge in [-0.25, -0.2) is 0 Å². The molecule has 3 nitrogen and oxygen atoms in total. The van der Waals surface area contributed by atoms with Crippen molar-refractivity contribution < 1.29 is 14.2 Å². The highest BCUT2D eigenvalue weighted by molar-refractivity contribution is 4.79. The molecule has 1 aliphatic carbocycles. The molecule has 0 unspecified atom stereocenters. The zero-order valence-electron chi connectivity index (χ0n) is 8.13. The van der Waals surface area contributed by atoms with E-state index in [-0.39, 0.29) is 5.79 Å². The van der Waals surface area contributed by atoms with Crippen molar-refractivity contribution in [2.24, 2.45) is 0 Å². The van der Waals surface area contributed by atoms with Gasteiger partial charge in [0.15, 0.2) is 5.79 Å². The van der Waals surface area contributed by atoms with Gasteiger partial charge in [0, 0.05) is 34.2 Å². The molecule has 0 N–H and O–H groups in total. The first kappa shape index (κ1) is 9.96. The lowest BCUT2D eigenvalue weighted by Gasteiger charge is -2.37.